The average Bonchev–Trinajstić information content (AvgIpc) is 3.76. The molecular formula is C39H45Cl2N9. The lowest BCUT2D eigenvalue weighted by atomic mass is 9.97. The molecule has 0 unspecified atom stereocenters. The largest absolute Gasteiger partial charge is 0.373 e. The second kappa shape index (κ2) is 13.9. The summed E-state index contributed by atoms with van der Waals surface area (Å²) in [6.45, 7) is 16.1. The van der Waals surface area contributed by atoms with Gasteiger partial charge in [0.1, 0.15) is 6.07 Å². The van der Waals surface area contributed by atoms with E-state index in [-0.39, 0.29) is 11.6 Å². The van der Waals surface area contributed by atoms with Gasteiger partial charge in [0.15, 0.2) is 0 Å². The summed E-state index contributed by atoms with van der Waals surface area (Å²) in [4.78, 5) is 9.60. The Bertz CT molecular complexity index is 1990. The zero-order chi connectivity index (χ0) is 35.2. The van der Waals surface area contributed by atoms with Gasteiger partial charge in [0, 0.05) is 71.9 Å². The first-order valence-electron chi connectivity index (χ1n) is 17.4. The summed E-state index contributed by atoms with van der Waals surface area (Å²) in [6, 6.07) is 19.0. The van der Waals surface area contributed by atoms with Crippen LogP contribution >= 0.6 is 23.2 Å². The van der Waals surface area contributed by atoms with Gasteiger partial charge in [-0.3, -0.25) is 19.8 Å². The zero-order valence-electron chi connectivity index (χ0n) is 29.4. The lowest BCUT2D eigenvalue weighted by molar-refractivity contribution is 0.0570. The van der Waals surface area contributed by atoms with Crippen LogP contribution in [0.3, 0.4) is 0 Å². The van der Waals surface area contributed by atoms with Crippen molar-refractivity contribution in [1.29, 1.82) is 5.26 Å². The molecule has 11 heteroatoms. The molecule has 1 fully saturated rings. The van der Waals surface area contributed by atoms with Crippen LogP contribution in [0.4, 0.5) is 17.1 Å². The van der Waals surface area contributed by atoms with Crippen LogP contribution in [0.5, 0.6) is 0 Å². The molecule has 1 atom stereocenters. The van der Waals surface area contributed by atoms with Gasteiger partial charge in [-0.05, 0) is 93.6 Å². The Hall–Kier alpha value is -4.04. The molecule has 3 aromatic carbocycles. The number of halogens is 2. The van der Waals surface area contributed by atoms with Crippen molar-refractivity contribution in [3.63, 3.8) is 0 Å². The Labute approximate surface area is 305 Å². The van der Waals surface area contributed by atoms with Crippen LogP contribution in [0.1, 0.15) is 74.4 Å². The van der Waals surface area contributed by atoms with Crippen LogP contribution in [0.25, 0.3) is 10.9 Å². The third kappa shape index (κ3) is 6.96. The third-order valence-electron chi connectivity index (χ3n) is 10.3. The van der Waals surface area contributed by atoms with Crippen molar-refractivity contribution in [3.8, 4) is 6.07 Å². The summed E-state index contributed by atoms with van der Waals surface area (Å²) in [5.74, 6) is 0. The first-order chi connectivity index (χ1) is 24.0. The van der Waals surface area contributed by atoms with Gasteiger partial charge >= 0.3 is 0 Å². The quantitative estimate of drug-likeness (QED) is 0.144. The summed E-state index contributed by atoms with van der Waals surface area (Å²) < 4.78 is 0. The Balaban J connectivity index is 1.24. The molecule has 1 saturated heterocycles. The van der Waals surface area contributed by atoms with Crippen molar-refractivity contribution in [1.82, 2.24) is 30.8 Å². The number of pyridine rings is 1. The number of nitrogens with zero attached hydrogens (tertiary/aromatic N) is 5. The van der Waals surface area contributed by atoms with Gasteiger partial charge in [0.05, 0.1) is 33.5 Å². The van der Waals surface area contributed by atoms with Crippen molar-refractivity contribution in [3.05, 3.63) is 104 Å². The normalized spacial score (nSPS) is 17.7. The Morgan fingerprint density at radius 2 is 1.76 bits per heavy atom. The van der Waals surface area contributed by atoms with E-state index in [9.17, 15) is 5.26 Å². The second-order valence-corrected chi connectivity index (χ2v) is 15.4. The number of likely N-dealkylation sites (tertiary alicyclic amines) is 1. The number of benzene rings is 3. The average molecular weight is 711 g/mol. The van der Waals surface area contributed by atoms with E-state index in [1.807, 2.05) is 37.3 Å². The number of piperidine rings is 1. The minimum absolute atomic E-state index is 0.172. The number of fused-ring (bicyclic) bond motifs is 2. The lowest BCUT2D eigenvalue weighted by Crippen LogP contribution is -2.52. The molecule has 0 saturated carbocycles. The van der Waals surface area contributed by atoms with Crippen molar-refractivity contribution in [2.24, 2.45) is 0 Å². The SMILES string of the molecule is CCN1Cc2ccc([C@H](Nc3cc(Cl)c4ncc(C#N)c(Nc5ccc(C)c(Cl)c5)c4c3)C3=CN(C4CCN(C(C)(C)C)CC4)NN3)cc2C1. The summed E-state index contributed by atoms with van der Waals surface area (Å²) in [6.07, 6.45) is 5.94. The molecule has 50 heavy (non-hydrogen) atoms. The number of aryl methyl sites for hydroxylation is 1. The Morgan fingerprint density at radius 3 is 2.48 bits per heavy atom. The molecule has 4 N–H and O–H groups in total. The van der Waals surface area contributed by atoms with Crippen molar-refractivity contribution >= 4 is 51.2 Å². The number of nitriles is 1. The molecule has 0 bridgehead atoms. The molecule has 0 amide bonds. The van der Waals surface area contributed by atoms with Crippen molar-refractivity contribution < 1.29 is 0 Å². The number of aromatic nitrogens is 1. The lowest BCUT2D eigenvalue weighted by Gasteiger charge is -2.42. The maximum Gasteiger partial charge on any atom is 0.103 e. The number of nitrogens with one attached hydrogen (secondary N) is 4. The van der Waals surface area contributed by atoms with E-state index < -0.39 is 0 Å². The highest BCUT2D eigenvalue weighted by atomic mass is 35.5. The van der Waals surface area contributed by atoms with Crippen LogP contribution in [0.15, 0.2) is 66.6 Å². The minimum atomic E-state index is -0.212. The fourth-order valence-electron chi connectivity index (χ4n) is 7.27. The molecule has 4 aromatic rings. The summed E-state index contributed by atoms with van der Waals surface area (Å²) in [7, 11) is 0. The van der Waals surface area contributed by atoms with Gasteiger partial charge in [-0.2, -0.15) is 5.26 Å². The van der Waals surface area contributed by atoms with E-state index in [0.717, 1.165) is 79.2 Å². The molecule has 260 valence electrons. The van der Waals surface area contributed by atoms with Gasteiger partial charge in [-0.15, -0.1) is 5.53 Å². The fraction of sp³-hybridized carbons (Fsp3) is 0.385. The third-order valence-corrected chi connectivity index (χ3v) is 11.0. The first kappa shape index (κ1) is 34.4. The molecule has 9 nitrogen and oxygen atoms in total. The Morgan fingerprint density at radius 1 is 1.00 bits per heavy atom. The number of hydrogen-bond donors (Lipinski definition) is 4. The van der Waals surface area contributed by atoms with Crippen LogP contribution < -0.4 is 21.6 Å². The predicted molar refractivity (Wildman–Crippen MR) is 204 cm³/mol. The molecule has 4 heterocycles. The van der Waals surface area contributed by atoms with E-state index in [0.29, 0.717) is 32.9 Å². The summed E-state index contributed by atoms with van der Waals surface area (Å²) in [5.41, 5.74) is 16.3. The zero-order valence-corrected chi connectivity index (χ0v) is 30.9. The molecule has 7 rings (SSSR count). The highest BCUT2D eigenvalue weighted by Gasteiger charge is 2.32. The molecule has 3 aliphatic heterocycles. The van der Waals surface area contributed by atoms with Crippen molar-refractivity contribution in [2.75, 3.05) is 30.3 Å². The van der Waals surface area contributed by atoms with E-state index in [2.05, 4.69) is 99.6 Å². The maximum absolute atomic E-state index is 10.1. The minimum Gasteiger partial charge on any atom is -0.373 e. The van der Waals surface area contributed by atoms with E-state index in [1.165, 1.54) is 11.1 Å². The van der Waals surface area contributed by atoms with Gasteiger partial charge in [-0.25, -0.2) is 0 Å². The van der Waals surface area contributed by atoms with Crippen LogP contribution in [0, 0.1) is 18.3 Å². The summed E-state index contributed by atoms with van der Waals surface area (Å²) in [5, 5.41) is 21.5. The summed E-state index contributed by atoms with van der Waals surface area (Å²) >= 11 is 13.4. The van der Waals surface area contributed by atoms with Crippen LogP contribution in [-0.2, 0) is 13.1 Å². The molecule has 3 aliphatic rings. The molecular weight excluding hydrogens is 665 g/mol. The molecule has 0 radical (unpaired) electrons. The monoisotopic (exact) mass is 709 g/mol. The van der Waals surface area contributed by atoms with E-state index in [1.54, 1.807) is 6.20 Å². The van der Waals surface area contributed by atoms with Gasteiger partial charge < -0.3 is 16.1 Å². The maximum atomic E-state index is 10.1. The van der Waals surface area contributed by atoms with Crippen LogP contribution in [-0.4, -0.2) is 51.0 Å². The van der Waals surface area contributed by atoms with Gasteiger partial charge in [0.25, 0.3) is 0 Å². The van der Waals surface area contributed by atoms with E-state index >= 15 is 0 Å². The number of anilines is 3. The second-order valence-electron chi connectivity index (χ2n) is 14.6. The standard InChI is InChI=1S/C39H45Cl2N9/c1-6-48-21-26-9-8-25(15-27(26)22-48)37(35-23-50(47-46-35)31-11-13-49(14-12-31)39(3,4)5)45-30-16-32-36(44-29-10-7-24(2)33(40)17-29)28(19-42)20-43-38(32)34(41)18-30/h7-10,15-18,20,23,31,37,45-47H,6,11-14,21-22H2,1-5H3,(H,43,44)/t37-/m0/s1. The van der Waals surface area contributed by atoms with Gasteiger partial charge in [0.2, 0.25) is 0 Å². The number of hydrogen-bond acceptors (Lipinski definition) is 9. The first-order valence-corrected chi connectivity index (χ1v) is 18.2. The smallest absolute Gasteiger partial charge is 0.103 e. The fourth-order valence-corrected chi connectivity index (χ4v) is 7.72. The molecule has 0 spiro atoms. The molecule has 0 aliphatic carbocycles. The number of hydrazine groups is 2. The highest BCUT2D eigenvalue weighted by Crippen LogP contribution is 2.38. The predicted octanol–water partition coefficient (Wildman–Crippen LogP) is 8.38. The topological polar surface area (TPSA) is 94.5 Å². The van der Waals surface area contributed by atoms with Gasteiger partial charge in [-0.1, -0.05) is 54.4 Å². The molecule has 1 aromatic heterocycles. The number of rotatable bonds is 8. The Kier molecular flexibility index (Phi) is 9.59. The van der Waals surface area contributed by atoms with Crippen molar-refractivity contribution in [2.45, 2.75) is 78.2 Å². The van der Waals surface area contributed by atoms with E-state index in [4.69, 9.17) is 23.2 Å². The highest BCUT2D eigenvalue weighted by molar-refractivity contribution is 6.36. The van der Waals surface area contributed by atoms with Crippen LogP contribution in [0.2, 0.25) is 10.0 Å².